The Morgan fingerprint density at radius 2 is 0.960 bits per heavy atom. The highest BCUT2D eigenvalue weighted by Crippen LogP contribution is 2.45. The number of hydrogen-bond acceptors (Lipinski definition) is 2. The molecule has 7 aromatic carbocycles. The van der Waals surface area contributed by atoms with Crippen molar-refractivity contribution in [3.05, 3.63) is 200 Å². The van der Waals surface area contributed by atoms with E-state index in [0.29, 0.717) is 0 Å². The van der Waals surface area contributed by atoms with E-state index in [9.17, 15) is 0 Å². The summed E-state index contributed by atoms with van der Waals surface area (Å²) in [6.07, 6.45) is 0. The second-order valence-electron chi connectivity index (χ2n) is 12.4. The Morgan fingerprint density at radius 3 is 1.62 bits per heavy atom. The van der Waals surface area contributed by atoms with E-state index >= 15 is 0 Å². The quantitative estimate of drug-likeness (QED) is 0.173. The molecule has 3 nitrogen and oxygen atoms in total. The number of benzene rings is 7. The molecule has 0 aliphatic rings. The fourth-order valence-corrected chi connectivity index (χ4v) is 7.09. The molecular formula is C47H33N3. The summed E-state index contributed by atoms with van der Waals surface area (Å²) in [5, 5.41) is 7.72. The van der Waals surface area contributed by atoms with Gasteiger partial charge in [0.25, 0.3) is 0 Å². The third-order valence-electron chi connectivity index (χ3n) is 9.38. The van der Waals surface area contributed by atoms with Gasteiger partial charge in [-0.05, 0) is 52.9 Å². The lowest BCUT2D eigenvalue weighted by Gasteiger charge is -2.28. The van der Waals surface area contributed by atoms with Gasteiger partial charge < -0.3 is 4.90 Å². The molecule has 0 radical (unpaired) electrons. The van der Waals surface area contributed by atoms with Crippen LogP contribution in [-0.4, -0.2) is 9.61 Å². The van der Waals surface area contributed by atoms with Crippen molar-refractivity contribution in [3.63, 3.8) is 0 Å². The molecule has 0 unspecified atom stereocenters. The van der Waals surface area contributed by atoms with Gasteiger partial charge in [-0.25, -0.2) is 4.52 Å². The summed E-state index contributed by atoms with van der Waals surface area (Å²) in [6.45, 7) is 0. The molecule has 0 N–H and O–H groups in total. The monoisotopic (exact) mass is 639 g/mol. The lowest BCUT2D eigenvalue weighted by atomic mass is 9.96. The molecule has 0 aliphatic heterocycles. The van der Waals surface area contributed by atoms with E-state index in [1.807, 2.05) is 0 Å². The van der Waals surface area contributed by atoms with Crippen molar-refractivity contribution >= 4 is 33.4 Å². The first-order chi connectivity index (χ1) is 24.8. The van der Waals surface area contributed by atoms with Crippen molar-refractivity contribution in [3.8, 4) is 44.8 Å². The molecule has 236 valence electrons. The molecule has 0 saturated heterocycles. The van der Waals surface area contributed by atoms with Gasteiger partial charge in [-0.2, -0.15) is 5.10 Å². The second kappa shape index (κ2) is 12.7. The third kappa shape index (κ3) is 5.22. The highest BCUT2D eigenvalue weighted by atomic mass is 15.2. The van der Waals surface area contributed by atoms with Gasteiger partial charge in [0, 0.05) is 39.0 Å². The highest BCUT2D eigenvalue weighted by Gasteiger charge is 2.23. The summed E-state index contributed by atoms with van der Waals surface area (Å²) in [6, 6.07) is 70.9. The minimum absolute atomic E-state index is 0.959. The van der Waals surface area contributed by atoms with Gasteiger partial charge in [-0.3, -0.25) is 0 Å². The lowest BCUT2D eigenvalue weighted by Crippen LogP contribution is -2.11. The molecule has 9 aromatic rings. The van der Waals surface area contributed by atoms with Gasteiger partial charge in [-0.1, -0.05) is 164 Å². The standard InChI is InChI=1S/C47H33N3/c1-6-18-34(19-7-1)41-28-16-17-29-43(41)49(39-26-14-5-15-27-39)40-31-30-38-32-44(35-20-8-2-9-21-35)50-47(42(38)33-40)45(36-22-10-3-11-23-36)46(48-50)37-24-12-4-13-25-37/h1-33H. The number of pyridine rings is 1. The Morgan fingerprint density at radius 1 is 0.420 bits per heavy atom. The Labute approximate surface area is 292 Å². The molecule has 2 aromatic heterocycles. The highest BCUT2D eigenvalue weighted by molar-refractivity contribution is 6.10. The molecule has 0 amide bonds. The van der Waals surface area contributed by atoms with E-state index in [-0.39, 0.29) is 0 Å². The number of anilines is 3. The molecule has 0 spiro atoms. The average Bonchev–Trinajstić information content (AvgIpc) is 3.61. The van der Waals surface area contributed by atoms with Crippen LogP contribution in [0.4, 0.5) is 17.1 Å². The van der Waals surface area contributed by atoms with Crippen LogP contribution in [0, 0.1) is 0 Å². The number of nitrogens with zero attached hydrogens (tertiary/aromatic N) is 3. The van der Waals surface area contributed by atoms with E-state index in [1.54, 1.807) is 0 Å². The van der Waals surface area contributed by atoms with E-state index in [1.165, 1.54) is 11.1 Å². The van der Waals surface area contributed by atoms with Gasteiger partial charge in [0.15, 0.2) is 0 Å². The smallest absolute Gasteiger partial charge is 0.101 e. The van der Waals surface area contributed by atoms with Crippen molar-refractivity contribution in [2.24, 2.45) is 0 Å². The first-order valence-electron chi connectivity index (χ1n) is 17.0. The van der Waals surface area contributed by atoms with Crippen LogP contribution in [0.15, 0.2) is 200 Å². The molecule has 0 bridgehead atoms. The summed E-state index contributed by atoms with van der Waals surface area (Å²) in [5.74, 6) is 0. The lowest BCUT2D eigenvalue weighted by molar-refractivity contribution is 0.979. The number of para-hydroxylation sites is 2. The average molecular weight is 640 g/mol. The molecule has 50 heavy (non-hydrogen) atoms. The number of hydrogen-bond donors (Lipinski definition) is 0. The van der Waals surface area contributed by atoms with Crippen LogP contribution in [-0.2, 0) is 0 Å². The van der Waals surface area contributed by atoms with Crippen LogP contribution in [0.25, 0.3) is 61.1 Å². The predicted molar refractivity (Wildman–Crippen MR) is 209 cm³/mol. The van der Waals surface area contributed by atoms with Crippen LogP contribution in [0.2, 0.25) is 0 Å². The van der Waals surface area contributed by atoms with Gasteiger partial charge in [0.2, 0.25) is 0 Å². The maximum Gasteiger partial charge on any atom is 0.101 e. The molecule has 9 rings (SSSR count). The van der Waals surface area contributed by atoms with Crippen molar-refractivity contribution in [2.75, 3.05) is 4.90 Å². The zero-order valence-corrected chi connectivity index (χ0v) is 27.4. The van der Waals surface area contributed by atoms with E-state index in [4.69, 9.17) is 5.10 Å². The Bertz CT molecular complexity index is 2560. The van der Waals surface area contributed by atoms with Crippen molar-refractivity contribution in [1.82, 2.24) is 9.61 Å². The topological polar surface area (TPSA) is 20.5 Å². The molecule has 0 saturated carbocycles. The first-order valence-corrected chi connectivity index (χ1v) is 17.0. The summed E-state index contributed by atoms with van der Waals surface area (Å²) in [5.41, 5.74) is 13.2. The van der Waals surface area contributed by atoms with Crippen molar-refractivity contribution < 1.29 is 0 Å². The predicted octanol–water partition coefficient (Wildman–Crippen LogP) is 12.6. The van der Waals surface area contributed by atoms with Crippen LogP contribution >= 0.6 is 0 Å². The normalized spacial score (nSPS) is 11.2. The summed E-state index contributed by atoms with van der Waals surface area (Å²) in [7, 11) is 0. The van der Waals surface area contributed by atoms with E-state index in [0.717, 1.165) is 67.0 Å². The zero-order valence-electron chi connectivity index (χ0n) is 27.4. The fourth-order valence-electron chi connectivity index (χ4n) is 7.09. The Kier molecular flexibility index (Phi) is 7.49. The van der Waals surface area contributed by atoms with Crippen LogP contribution in [0.5, 0.6) is 0 Å². The largest absolute Gasteiger partial charge is 0.310 e. The minimum Gasteiger partial charge on any atom is -0.310 e. The van der Waals surface area contributed by atoms with Crippen LogP contribution in [0.1, 0.15) is 0 Å². The molecule has 0 fully saturated rings. The van der Waals surface area contributed by atoms with E-state index < -0.39 is 0 Å². The Hall–Kier alpha value is -6.71. The molecule has 0 aliphatic carbocycles. The minimum atomic E-state index is 0.959. The fraction of sp³-hybridized carbons (Fsp3) is 0. The summed E-state index contributed by atoms with van der Waals surface area (Å²) < 4.78 is 2.16. The summed E-state index contributed by atoms with van der Waals surface area (Å²) >= 11 is 0. The van der Waals surface area contributed by atoms with Gasteiger partial charge in [0.1, 0.15) is 5.69 Å². The SMILES string of the molecule is c1ccc(-c2ccccc2N(c2ccccc2)c2ccc3cc(-c4ccccc4)n4nc(-c5ccccc5)c(-c5ccccc5)c4c3c2)cc1. The maximum atomic E-state index is 5.43. The van der Waals surface area contributed by atoms with Crippen molar-refractivity contribution in [1.29, 1.82) is 0 Å². The van der Waals surface area contributed by atoms with E-state index in [2.05, 4.69) is 210 Å². The molecular weight excluding hydrogens is 607 g/mol. The van der Waals surface area contributed by atoms with Crippen molar-refractivity contribution in [2.45, 2.75) is 0 Å². The summed E-state index contributed by atoms with van der Waals surface area (Å²) in [4.78, 5) is 2.38. The van der Waals surface area contributed by atoms with Gasteiger partial charge in [-0.15, -0.1) is 0 Å². The van der Waals surface area contributed by atoms with Gasteiger partial charge in [0.05, 0.1) is 16.9 Å². The molecule has 3 heteroatoms. The third-order valence-corrected chi connectivity index (χ3v) is 9.38. The number of fused-ring (bicyclic) bond motifs is 3. The maximum absolute atomic E-state index is 5.43. The van der Waals surface area contributed by atoms with Crippen LogP contribution < -0.4 is 4.90 Å². The molecule has 2 heterocycles. The Balaban J connectivity index is 1.38. The second-order valence-corrected chi connectivity index (χ2v) is 12.4. The first kappa shape index (κ1) is 29.4. The number of rotatable bonds is 7. The van der Waals surface area contributed by atoms with Crippen LogP contribution in [0.3, 0.4) is 0 Å². The zero-order chi connectivity index (χ0) is 33.3. The molecule has 0 atom stereocenters. The van der Waals surface area contributed by atoms with Gasteiger partial charge >= 0.3 is 0 Å². The number of aromatic nitrogens is 2.